The molecule has 0 saturated carbocycles. The summed E-state index contributed by atoms with van der Waals surface area (Å²) in [7, 11) is 0. The van der Waals surface area contributed by atoms with Crippen LogP contribution in [0.1, 0.15) is 25.3 Å². The summed E-state index contributed by atoms with van der Waals surface area (Å²) in [6.07, 6.45) is 1.41. The Morgan fingerprint density at radius 3 is 2.40 bits per heavy atom. The van der Waals surface area contributed by atoms with Crippen molar-refractivity contribution in [1.82, 2.24) is 4.90 Å². The van der Waals surface area contributed by atoms with Crippen LogP contribution in [0.15, 0.2) is 28.7 Å². The van der Waals surface area contributed by atoms with Crippen LogP contribution in [-0.4, -0.2) is 29.3 Å². The molecule has 0 radical (unpaired) electrons. The van der Waals surface area contributed by atoms with E-state index in [2.05, 4.69) is 15.9 Å². The molecule has 110 valence electrons. The Kier molecular flexibility index (Phi) is 6.67. The van der Waals surface area contributed by atoms with E-state index in [1.54, 1.807) is 0 Å². The molecule has 0 spiro atoms. The molecule has 0 aliphatic heterocycles. The van der Waals surface area contributed by atoms with E-state index >= 15 is 0 Å². The minimum Gasteiger partial charge on any atom is -0.368 e. The molecule has 20 heavy (non-hydrogen) atoms. The normalized spacial score (nSPS) is 11.9. The van der Waals surface area contributed by atoms with Gasteiger partial charge in [0.15, 0.2) is 0 Å². The fourth-order valence-corrected chi connectivity index (χ4v) is 2.14. The number of hydrogen-bond acceptors (Lipinski definition) is 3. The maximum atomic E-state index is 12.2. The van der Waals surface area contributed by atoms with E-state index in [4.69, 9.17) is 11.5 Å². The first-order chi connectivity index (χ1) is 9.43. The zero-order chi connectivity index (χ0) is 15.1. The van der Waals surface area contributed by atoms with Crippen molar-refractivity contribution >= 4 is 27.7 Å². The third-order valence-electron chi connectivity index (χ3n) is 2.86. The van der Waals surface area contributed by atoms with Crippen molar-refractivity contribution in [3.8, 4) is 0 Å². The van der Waals surface area contributed by atoms with Crippen LogP contribution in [-0.2, 0) is 16.1 Å². The SMILES string of the molecule is CCCC(N)C(=O)N(CC(N)=O)Cc1ccc(Br)cc1. The Hall–Kier alpha value is -1.40. The van der Waals surface area contributed by atoms with Gasteiger partial charge < -0.3 is 16.4 Å². The molecular formula is C14H20BrN3O2. The van der Waals surface area contributed by atoms with Gasteiger partial charge in [-0.05, 0) is 24.1 Å². The zero-order valence-electron chi connectivity index (χ0n) is 11.5. The Balaban J connectivity index is 2.80. The quantitative estimate of drug-likeness (QED) is 0.785. The van der Waals surface area contributed by atoms with Crippen molar-refractivity contribution in [2.75, 3.05) is 6.54 Å². The van der Waals surface area contributed by atoms with Crippen LogP contribution >= 0.6 is 15.9 Å². The van der Waals surface area contributed by atoms with Crippen LogP contribution < -0.4 is 11.5 Å². The first kappa shape index (κ1) is 16.7. The smallest absolute Gasteiger partial charge is 0.240 e. The van der Waals surface area contributed by atoms with Crippen molar-refractivity contribution in [3.05, 3.63) is 34.3 Å². The summed E-state index contributed by atoms with van der Waals surface area (Å²) in [6.45, 7) is 2.17. The Bertz CT molecular complexity index is 462. The standard InChI is InChI=1S/C14H20BrN3O2/c1-2-3-12(16)14(20)18(9-13(17)19)8-10-4-6-11(15)7-5-10/h4-7,12H,2-3,8-9,16H2,1H3,(H2,17,19). The highest BCUT2D eigenvalue weighted by molar-refractivity contribution is 9.10. The minimum absolute atomic E-state index is 0.119. The second kappa shape index (κ2) is 8.01. The maximum absolute atomic E-state index is 12.2. The molecule has 0 aromatic heterocycles. The van der Waals surface area contributed by atoms with Gasteiger partial charge in [-0.25, -0.2) is 0 Å². The van der Waals surface area contributed by atoms with Gasteiger partial charge in [-0.3, -0.25) is 9.59 Å². The van der Waals surface area contributed by atoms with Gasteiger partial charge in [-0.1, -0.05) is 41.4 Å². The van der Waals surface area contributed by atoms with Gasteiger partial charge in [-0.15, -0.1) is 0 Å². The number of rotatable bonds is 7. The second-order valence-corrected chi connectivity index (χ2v) is 5.60. The maximum Gasteiger partial charge on any atom is 0.240 e. The highest BCUT2D eigenvalue weighted by atomic mass is 79.9. The van der Waals surface area contributed by atoms with Crippen molar-refractivity contribution < 1.29 is 9.59 Å². The molecule has 1 aromatic rings. The summed E-state index contributed by atoms with van der Waals surface area (Å²) in [5.41, 5.74) is 12.0. The second-order valence-electron chi connectivity index (χ2n) is 4.68. The van der Waals surface area contributed by atoms with Gasteiger partial charge in [-0.2, -0.15) is 0 Å². The molecule has 1 atom stereocenters. The molecule has 1 unspecified atom stereocenters. The highest BCUT2D eigenvalue weighted by Gasteiger charge is 2.21. The number of carbonyl (C=O) groups excluding carboxylic acids is 2. The summed E-state index contributed by atoms with van der Waals surface area (Å²) in [5, 5.41) is 0. The van der Waals surface area contributed by atoms with E-state index in [1.165, 1.54) is 4.90 Å². The van der Waals surface area contributed by atoms with Crippen LogP contribution in [0.5, 0.6) is 0 Å². The fraction of sp³-hybridized carbons (Fsp3) is 0.429. The van der Waals surface area contributed by atoms with E-state index in [0.29, 0.717) is 13.0 Å². The number of nitrogens with zero attached hydrogens (tertiary/aromatic N) is 1. The van der Waals surface area contributed by atoms with E-state index in [1.807, 2.05) is 31.2 Å². The first-order valence-electron chi connectivity index (χ1n) is 6.51. The molecule has 2 amide bonds. The predicted molar refractivity (Wildman–Crippen MR) is 81.6 cm³/mol. The summed E-state index contributed by atoms with van der Waals surface area (Å²) in [4.78, 5) is 24.8. The first-order valence-corrected chi connectivity index (χ1v) is 7.30. The minimum atomic E-state index is -0.588. The number of carbonyl (C=O) groups is 2. The third-order valence-corrected chi connectivity index (χ3v) is 3.39. The van der Waals surface area contributed by atoms with Gasteiger partial charge in [0.2, 0.25) is 11.8 Å². The van der Waals surface area contributed by atoms with E-state index < -0.39 is 11.9 Å². The van der Waals surface area contributed by atoms with E-state index in [-0.39, 0.29) is 12.5 Å². The van der Waals surface area contributed by atoms with Crippen molar-refractivity contribution in [3.63, 3.8) is 0 Å². The summed E-state index contributed by atoms with van der Waals surface area (Å²) >= 11 is 3.35. The van der Waals surface area contributed by atoms with Gasteiger partial charge in [0, 0.05) is 11.0 Å². The van der Waals surface area contributed by atoms with Gasteiger partial charge >= 0.3 is 0 Å². The average Bonchev–Trinajstić information content (AvgIpc) is 2.39. The topological polar surface area (TPSA) is 89.4 Å². The van der Waals surface area contributed by atoms with Crippen molar-refractivity contribution in [1.29, 1.82) is 0 Å². The van der Waals surface area contributed by atoms with Gasteiger partial charge in [0.25, 0.3) is 0 Å². The molecular weight excluding hydrogens is 322 g/mol. The molecule has 0 heterocycles. The predicted octanol–water partition coefficient (Wildman–Crippen LogP) is 1.39. The molecule has 6 heteroatoms. The van der Waals surface area contributed by atoms with Gasteiger partial charge in [0.1, 0.15) is 0 Å². The summed E-state index contributed by atoms with van der Waals surface area (Å²) in [6, 6.07) is 6.95. The lowest BCUT2D eigenvalue weighted by atomic mass is 10.1. The number of nitrogens with two attached hydrogens (primary N) is 2. The number of primary amides is 1. The molecule has 1 rings (SSSR count). The number of amides is 2. The molecule has 0 bridgehead atoms. The highest BCUT2D eigenvalue weighted by Crippen LogP contribution is 2.13. The number of hydrogen-bond donors (Lipinski definition) is 2. The summed E-state index contributed by atoms with van der Waals surface area (Å²) < 4.78 is 0.955. The molecule has 0 saturated heterocycles. The van der Waals surface area contributed by atoms with Crippen LogP contribution in [0.2, 0.25) is 0 Å². The number of benzene rings is 1. The Morgan fingerprint density at radius 1 is 1.30 bits per heavy atom. The van der Waals surface area contributed by atoms with Crippen molar-refractivity contribution in [2.45, 2.75) is 32.4 Å². The van der Waals surface area contributed by atoms with Crippen molar-refractivity contribution in [2.24, 2.45) is 11.5 Å². The molecule has 0 aliphatic rings. The molecule has 0 aliphatic carbocycles. The lowest BCUT2D eigenvalue weighted by Crippen LogP contribution is -2.46. The zero-order valence-corrected chi connectivity index (χ0v) is 13.1. The largest absolute Gasteiger partial charge is 0.368 e. The average molecular weight is 342 g/mol. The fourth-order valence-electron chi connectivity index (χ4n) is 1.88. The molecule has 5 nitrogen and oxygen atoms in total. The lowest BCUT2D eigenvalue weighted by Gasteiger charge is -2.24. The van der Waals surface area contributed by atoms with Crippen LogP contribution in [0.25, 0.3) is 0 Å². The Labute approximate surface area is 127 Å². The van der Waals surface area contributed by atoms with Gasteiger partial charge in [0.05, 0.1) is 12.6 Å². The van der Waals surface area contributed by atoms with Crippen LogP contribution in [0, 0.1) is 0 Å². The molecule has 1 aromatic carbocycles. The van der Waals surface area contributed by atoms with E-state index in [0.717, 1.165) is 16.5 Å². The molecule has 0 fully saturated rings. The molecule has 4 N–H and O–H groups in total. The van der Waals surface area contributed by atoms with Crippen LogP contribution in [0.4, 0.5) is 0 Å². The van der Waals surface area contributed by atoms with E-state index in [9.17, 15) is 9.59 Å². The monoisotopic (exact) mass is 341 g/mol. The number of halogens is 1. The third kappa shape index (κ3) is 5.30. The lowest BCUT2D eigenvalue weighted by molar-refractivity contribution is -0.137. The Morgan fingerprint density at radius 2 is 1.90 bits per heavy atom. The summed E-state index contributed by atoms with van der Waals surface area (Å²) in [5.74, 6) is -0.785. The van der Waals surface area contributed by atoms with Crippen LogP contribution in [0.3, 0.4) is 0 Å².